The summed E-state index contributed by atoms with van der Waals surface area (Å²) in [5, 5.41) is 8.91. The van der Waals surface area contributed by atoms with Crippen LogP contribution in [0.1, 0.15) is 18.4 Å². The predicted octanol–water partition coefficient (Wildman–Crippen LogP) is 13.3. The average molecular weight is 682 g/mol. The van der Waals surface area contributed by atoms with Crippen LogP contribution >= 0.6 is 0 Å². The Balaban J connectivity index is 1.27. The van der Waals surface area contributed by atoms with Crippen LogP contribution in [-0.2, 0) is 0 Å². The van der Waals surface area contributed by atoms with E-state index >= 15 is 0 Å². The number of nitrogens with zero attached hydrogens (tertiary/aromatic N) is 3. The molecule has 11 aromatic rings. The number of furan rings is 1. The zero-order chi connectivity index (χ0) is 35.2. The van der Waals surface area contributed by atoms with E-state index < -0.39 is 0 Å². The highest BCUT2D eigenvalue weighted by molar-refractivity contribution is 6.26. The van der Waals surface area contributed by atoms with Crippen LogP contribution in [0.5, 0.6) is 0 Å². The molecule has 0 aliphatic heterocycles. The van der Waals surface area contributed by atoms with E-state index in [0.717, 1.165) is 66.4 Å². The molecule has 0 aliphatic rings. The second kappa shape index (κ2) is 11.2. The molecule has 5 nitrogen and oxygen atoms in total. The molecule has 0 atom stereocenters. The molecule has 0 spiro atoms. The van der Waals surface area contributed by atoms with Crippen LogP contribution in [0.4, 0.5) is 0 Å². The number of fused-ring (bicyclic) bond motifs is 11. The molecule has 4 heterocycles. The summed E-state index contributed by atoms with van der Waals surface area (Å²) < 4.78 is 17.9. The molecule has 0 unspecified atom stereocenters. The summed E-state index contributed by atoms with van der Waals surface area (Å²) in [6.45, 7) is 5.98. The van der Waals surface area contributed by atoms with Crippen LogP contribution in [0.15, 0.2) is 161 Å². The first-order chi connectivity index (χ1) is 26.2. The SMILES string of the molecule is C=Cc1oc(-c2c3ccccc3cc3oc4ccc(-n5c6ccccc6c6ccc7c(c8ccccc8n7-c7ccccc7)c65)cc4c23)nc1/C=C\C. The number of oxazole rings is 1. The van der Waals surface area contributed by atoms with Crippen molar-refractivity contribution in [3.8, 4) is 22.8 Å². The number of benzene rings is 7. The molecule has 0 bridgehead atoms. The normalized spacial score (nSPS) is 12.2. The minimum atomic E-state index is 0.537. The third-order valence-electron chi connectivity index (χ3n) is 10.6. The Morgan fingerprint density at radius 1 is 0.566 bits per heavy atom. The van der Waals surface area contributed by atoms with E-state index in [0.29, 0.717) is 11.7 Å². The van der Waals surface area contributed by atoms with E-state index in [9.17, 15) is 0 Å². The Morgan fingerprint density at radius 3 is 2.11 bits per heavy atom. The Bertz CT molecular complexity index is 3310. The summed E-state index contributed by atoms with van der Waals surface area (Å²) >= 11 is 0. The van der Waals surface area contributed by atoms with Gasteiger partial charge >= 0.3 is 0 Å². The first-order valence-electron chi connectivity index (χ1n) is 17.9. The third-order valence-corrected chi connectivity index (χ3v) is 10.6. The summed E-state index contributed by atoms with van der Waals surface area (Å²) in [7, 11) is 0. The van der Waals surface area contributed by atoms with Crippen molar-refractivity contribution < 1.29 is 8.83 Å². The van der Waals surface area contributed by atoms with Crippen LogP contribution < -0.4 is 0 Å². The minimum absolute atomic E-state index is 0.537. The molecule has 5 heteroatoms. The molecule has 0 aliphatic carbocycles. The number of allylic oxidation sites excluding steroid dienone is 1. The number of para-hydroxylation sites is 3. The highest BCUT2D eigenvalue weighted by atomic mass is 16.4. The van der Waals surface area contributed by atoms with Crippen LogP contribution in [0.3, 0.4) is 0 Å². The van der Waals surface area contributed by atoms with Gasteiger partial charge in [0.25, 0.3) is 0 Å². The fraction of sp³-hybridized carbons (Fsp3) is 0.0208. The maximum atomic E-state index is 6.64. The lowest BCUT2D eigenvalue weighted by molar-refractivity contribution is 0.565. The van der Waals surface area contributed by atoms with Gasteiger partial charge in [-0.25, -0.2) is 4.98 Å². The quantitative estimate of drug-likeness (QED) is 0.182. The van der Waals surface area contributed by atoms with Crippen LogP contribution in [-0.4, -0.2) is 14.1 Å². The van der Waals surface area contributed by atoms with E-state index in [2.05, 4.69) is 149 Å². The van der Waals surface area contributed by atoms with Crippen molar-refractivity contribution in [1.29, 1.82) is 0 Å². The standard InChI is InChI=1S/C48H31N3O2/c1-3-14-37-41(4-2)53-48(49-37)46-32-18-9-8-15-29(32)27-43-45(46)36-28-31(23-26-42(36)52-43)51-38-21-12-10-19-33(38)34-24-25-40-44(47(34)51)35-20-11-13-22-39(35)50(40)30-16-6-5-7-17-30/h3-28H,2H2,1H3/b14-3-. The summed E-state index contributed by atoms with van der Waals surface area (Å²) in [6, 6.07) is 49.7. The van der Waals surface area contributed by atoms with Gasteiger partial charge in [-0.05, 0) is 84.4 Å². The van der Waals surface area contributed by atoms with Gasteiger partial charge in [-0.3, -0.25) is 0 Å². The second-order valence-electron chi connectivity index (χ2n) is 13.5. The monoisotopic (exact) mass is 681 g/mol. The molecule has 4 aromatic heterocycles. The highest BCUT2D eigenvalue weighted by Crippen LogP contribution is 2.45. The Hall–Kier alpha value is -7.11. The summed E-state index contributed by atoms with van der Waals surface area (Å²) in [5.74, 6) is 1.17. The molecule has 0 fully saturated rings. The van der Waals surface area contributed by atoms with Gasteiger partial charge in [0.05, 0.1) is 27.6 Å². The van der Waals surface area contributed by atoms with Gasteiger partial charge in [-0.15, -0.1) is 0 Å². The fourth-order valence-electron chi connectivity index (χ4n) is 8.46. The van der Waals surface area contributed by atoms with Gasteiger partial charge in [0.2, 0.25) is 5.89 Å². The van der Waals surface area contributed by atoms with E-state index in [4.69, 9.17) is 13.8 Å². The molecule has 11 rings (SSSR count). The smallest absolute Gasteiger partial charge is 0.228 e. The third kappa shape index (κ3) is 4.16. The number of rotatable bonds is 5. The van der Waals surface area contributed by atoms with Crippen molar-refractivity contribution in [2.24, 2.45) is 0 Å². The highest BCUT2D eigenvalue weighted by Gasteiger charge is 2.24. The van der Waals surface area contributed by atoms with Crippen molar-refractivity contribution in [2.75, 3.05) is 0 Å². The molecule has 0 amide bonds. The Kier molecular flexibility index (Phi) is 6.25. The molecular weight excluding hydrogens is 651 g/mol. The zero-order valence-corrected chi connectivity index (χ0v) is 28.9. The molecule has 0 N–H and O–H groups in total. The molecule has 7 aromatic carbocycles. The maximum absolute atomic E-state index is 6.64. The van der Waals surface area contributed by atoms with Crippen LogP contribution in [0.25, 0.3) is 111 Å². The van der Waals surface area contributed by atoms with Crippen molar-refractivity contribution in [1.82, 2.24) is 14.1 Å². The molecule has 250 valence electrons. The molecule has 0 saturated carbocycles. The number of aromatic nitrogens is 3. The number of hydrogen-bond donors (Lipinski definition) is 0. The summed E-state index contributed by atoms with van der Waals surface area (Å²) in [6.07, 6.45) is 5.64. The predicted molar refractivity (Wildman–Crippen MR) is 220 cm³/mol. The fourth-order valence-corrected chi connectivity index (χ4v) is 8.46. The number of hydrogen-bond acceptors (Lipinski definition) is 3. The maximum Gasteiger partial charge on any atom is 0.228 e. The molecule has 0 radical (unpaired) electrons. The zero-order valence-electron chi connectivity index (χ0n) is 28.9. The topological polar surface area (TPSA) is 49.0 Å². The lowest BCUT2D eigenvalue weighted by atomic mass is 9.98. The summed E-state index contributed by atoms with van der Waals surface area (Å²) in [5.41, 5.74) is 10.1. The first kappa shape index (κ1) is 29.6. The molecular formula is C48H31N3O2. The van der Waals surface area contributed by atoms with Crippen molar-refractivity contribution in [2.45, 2.75) is 6.92 Å². The van der Waals surface area contributed by atoms with Crippen molar-refractivity contribution in [3.63, 3.8) is 0 Å². The van der Waals surface area contributed by atoms with Gasteiger partial charge in [-0.2, -0.15) is 0 Å². The van der Waals surface area contributed by atoms with Crippen molar-refractivity contribution >= 4 is 88.5 Å². The van der Waals surface area contributed by atoms with E-state index in [1.165, 1.54) is 32.6 Å². The Labute approximate surface area is 303 Å². The van der Waals surface area contributed by atoms with Crippen LogP contribution in [0.2, 0.25) is 0 Å². The van der Waals surface area contributed by atoms with Gasteiger partial charge in [0, 0.05) is 43.7 Å². The first-order valence-corrected chi connectivity index (χ1v) is 17.9. The van der Waals surface area contributed by atoms with Gasteiger partial charge in [-0.1, -0.05) is 97.6 Å². The summed E-state index contributed by atoms with van der Waals surface area (Å²) in [4.78, 5) is 5.00. The Morgan fingerprint density at radius 2 is 1.30 bits per heavy atom. The lowest BCUT2D eigenvalue weighted by Gasteiger charge is -2.11. The van der Waals surface area contributed by atoms with Gasteiger partial charge in [0.1, 0.15) is 16.9 Å². The van der Waals surface area contributed by atoms with Gasteiger partial charge in [0.15, 0.2) is 5.76 Å². The van der Waals surface area contributed by atoms with Crippen LogP contribution in [0, 0.1) is 0 Å². The minimum Gasteiger partial charge on any atom is -0.456 e. The lowest BCUT2D eigenvalue weighted by Crippen LogP contribution is -1.95. The average Bonchev–Trinajstić information content (AvgIpc) is 3.96. The van der Waals surface area contributed by atoms with Crippen molar-refractivity contribution in [3.05, 3.63) is 164 Å². The van der Waals surface area contributed by atoms with E-state index in [-0.39, 0.29) is 0 Å². The second-order valence-corrected chi connectivity index (χ2v) is 13.5. The largest absolute Gasteiger partial charge is 0.456 e. The molecule has 53 heavy (non-hydrogen) atoms. The van der Waals surface area contributed by atoms with E-state index in [1.54, 1.807) is 6.08 Å². The molecule has 0 saturated heterocycles. The van der Waals surface area contributed by atoms with Gasteiger partial charge < -0.3 is 18.0 Å². The van der Waals surface area contributed by atoms with E-state index in [1.807, 2.05) is 25.1 Å².